The number of nitrogens with one attached hydrogen (secondary N) is 2. The van der Waals surface area contributed by atoms with Crippen LogP contribution in [0.3, 0.4) is 0 Å². The largest absolute Gasteiger partial charge is 0.478 e. The second-order valence-corrected chi connectivity index (χ2v) is 7.33. The number of aryl methyl sites for hydroxylation is 1. The Morgan fingerprint density at radius 1 is 1.24 bits per heavy atom. The van der Waals surface area contributed by atoms with E-state index in [1.807, 2.05) is 6.92 Å². The molecule has 2 aromatic carbocycles. The second kappa shape index (κ2) is 4.85. The van der Waals surface area contributed by atoms with Gasteiger partial charge in [0.05, 0.1) is 16.8 Å². The van der Waals surface area contributed by atoms with Crippen LogP contribution >= 0.6 is 0 Å². The zero-order valence-corrected chi connectivity index (χ0v) is 14.0. The Hall–Kier alpha value is -2.82. The van der Waals surface area contributed by atoms with Crippen molar-refractivity contribution in [3.63, 3.8) is 0 Å². The maximum Gasteiger partial charge on any atom is 0.336 e. The third-order valence-electron chi connectivity index (χ3n) is 5.65. The van der Waals surface area contributed by atoms with Gasteiger partial charge in [0.2, 0.25) is 0 Å². The fourth-order valence-corrected chi connectivity index (χ4v) is 4.55. The Morgan fingerprint density at radius 3 is 2.64 bits per heavy atom. The molecule has 0 radical (unpaired) electrons. The average Bonchev–Trinajstić information content (AvgIpc) is 3.13. The predicted octanol–water partition coefficient (Wildman–Crippen LogP) is 3.47. The van der Waals surface area contributed by atoms with E-state index >= 15 is 0 Å². The van der Waals surface area contributed by atoms with E-state index in [-0.39, 0.29) is 5.54 Å². The molecule has 0 unspecified atom stereocenters. The summed E-state index contributed by atoms with van der Waals surface area (Å²) in [7, 11) is 0. The number of aromatic carboxylic acids is 1. The van der Waals surface area contributed by atoms with Crippen LogP contribution in [0.25, 0.3) is 11.0 Å². The lowest BCUT2D eigenvalue weighted by atomic mass is 9.82. The Balaban J connectivity index is 1.66. The first kappa shape index (κ1) is 14.5. The number of aromatic nitrogens is 2. The van der Waals surface area contributed by atoms with Gasteiger partial charge < -0.3 is 15.4 Å². The minimum absolute atomic E-state index is 0.0341. The zero-order chi connectivity index (χ0) is 17.2. The Kier molecular flexibility index (Phi) is 2.82. The number of carboxylic acid groups (broad SMARTS) is 1. The lowest BCUT2D eigenvalue weighted by Gasteiger charge is -2.37. The first-order valence-electron chi connectivity index (χ1n) is 8.65. The van der Waals surface area contributed by atoms with E-state index in [0.29, 0.717) is 5.56 Å². The third-order valence-corrected chi connectivity index (χ3v) is 5.65. The van der Waals surface area contributed by atoms with E-state index in [2.05, 4.69) is 39.6 Å². The molecule has 2 aliphatic rings. The number of fused-ring (bicyclic) bond motifs is 4. The summed E-state index contributed by atoms with van der Waals surface area (Å²) in [5.74, 6) is -0.0752. The molecule has 0 atom stereocenters. The molecule has 0 amide bonds. The molecule has 0 bridgehead atoms. The maximum absolute atomic E-state index is 11.8. The number of carbonyl (C=O) groups is 1. The van der Waals surface area contributed by atoms with E-state index < -0.39 is 5.97 Å². The van der Waals surface area contributed by atoms with Crippen LogP contribution in [0.15, 0.2) is 30.3 Å². The van der Waals surface area contributed by atoms with Crippen molar-refractivity contribution >= 4 is 22.7 Å². The lowest BCUT2D eigenvalue weighted by Crippen LogP contribution is -2.43. The average molecular weight is 333 g/mol. The predicted molar refractivity (Wildman–Crippen MR) is 96.3 cm³/mol. The fraction of sp³-hybridized carbons (Fsp3) is 0.300. The first-order chi connectivity index (χ1) is 12.0. The molecule has 3 N–H and O–H groups in total. The number of anilines is 1. The molecule has 25 heavy (non-hydrogen) atoms. The molecule has 0 saturated carbocycles. The topological polar surface area (TPSA) is 78.0 Å². The standard InChI is InChI=1S/C20H19N3O2/c1-11-21-16-8-15(19(24)25)14-6-7-20(23-17(14)18(16)22-11)9-12-4-2-3-5-13(12)10-20/h2-5,8,23H,6-7,9-10H2,1H3,(H,21,22)(H,24,25). The highest BCUT2D eigenvalue weighted by atomic mass is 16.4. The summed E-state index contributed by atoms with van der Waals surface area (Å²) in [6.07, 6.45) is 3.65. The van der Waals surface area contributed by atoms with E-state index in [1.165, 1.54) is 11.1 Å². The molecule has 0 fully saturated rings. The lowest BCUT2D eigenvalue weighted by molar-refractivity contribution is 0.0695. The Labute approximate surface area is 145 Å². The van der Waals surface area contributed by atoms with Crippen molar-refractivity contribution < 1.29 is 9.90 Å². The van der Waals surface area contributed by atoms with Gasteiger partial charge in [0.25, 0.3) is 0 Å². The van der Waals surface area contributed by atoms with Crippen molar-refractivity contribution in [1.29, 1.82) is 0 Å². The van der Waals surface area contributed by atoms with E-state index in [4.69, 9.17) is 0 Å². The van der Waals surface area contributed by atoms with Crippen LogP contribution in [0, 0.1) is 6.92 Å². The summed E-state index contributed by atoms with van der Waals surface area (Å²) in [4.78, 5) is 19.6. The van der Waals surface area contributed by atoms with Gasteiger partial charge >= 0.3 is 5.97 Å². The number of H-pyrrole nitrogens is 1. The van der Waals surface area contributed by atoms with Crippen molar-refractivity contribution in [1.82, 2.24) is 9.97 Å². The molecule has 126 valence electrons. The molecule has 1 spiro atoms. The van der Waals surface area contributed by atoms with E-state index in [0.717, 1.165) is 53.8 Å². The van der Waals surface area contributed by atoms with Gasteiger partial charge in [-0.2, -0.15) is 0 Å². The highest BCUT2D eigenvalue weighted by molar-refractivity contribution is 6.01. The van der Waals surface area contributed by atoms with Crippen molar-refractivity contribution in [2.75, 3.05) is 5.32 Å². The molecule has 0 saturated heterocycles. The summed E-state index contributed by atoms with van der Waals surface area (Å²) >= 11 is 0. The molecular weight excluding hydrogens is 314 g/mol. The Morgan fingerprint density at radius 2 is 1.96 bits per heavy atom. The van der Waals surface area contributed by atoms with Crippen LogP contribution in [-0.4, -0.2) is 26.6 Å². The molecule has 5 rings (SSSR count). The van der Waals surface area contributed by atoms with Crippen LogP contribution in [0.5, 0.6) is 0 Å². The highest BCUT2D eigenvalue weighted by Crippen LogP contribution is 2.43. The maximum atomic E-state index is 11.8. The molecule has 2 heterocycles. The van der Waals surface area contributed by atoms with Gasteiger partial charge in [0.15, 0.2) is 0 Å². The van der Waals surface area contributed by atoms with Crippen LogP contribution in [0.4, 0.5) is 5.69 Å². The van der Waals surface area contributed by atoms with Gasteiger partial charge in [-0.25, -0.2) is 9.78 Å². The summed E-state index contributed by atoms with van der Waals surface area (Å²) in [6, 6.07) is 10.3. The quantitative estimate of drug-likeness (QED) is 0.637. The van der Waals surface area contributed by atoms with Crippen LogP contribution in [0.1, 0.15) is 39.3 Å². The number of imidazole rings is 1. The molecule has 3 aromatic rings. The first-order valence-corrected chi connectivity index (χ1v) is 8.65. The Bertz CT molecular complexity index is 1010. The minimum atomic E-state index is -0.877. The third kappa shape index (κ3) is 2.08. The van der Waals surface area contributed by atoms with Crippen LogP contribution < -0.4 is 5.32 Å². The van der Waals surface area contributed by atoms with Gasteiger partial charge in [-0.3, -0.25) is 0 Å². The smallest absolute Gasteiger partial charge is 0.336 e. The number of carboxylic acids is 1. The van der Waals surface area contributed by atoms with E-state index in [1.54, 1.807) is 6.07 Å². The summed E-state index contributed by atoms with van der Waals surface area (Å²) in [6.45, 7) is 1.90. The second-order valence-electron chi connectivity index (χ2n) is 7.33. The number of aromatic amines is 1. The van der Waals surface area contributed by atoms with Gasteiger partial charge in [-0.1, -0.05) is 24.3 Å². The summed E-state index contributed by atoms with van der Waals surface area (Å²) in [5.41, 5.74) is 6.55. The summed E-state index contributed by atoms with van der Waals surface area (Å²) < 4.78 is 0. The zero-order valence-electron chi connectivity index (χ0n) is 14.0. The normalized spacial score (nSPS) is 17.3. The van der Waals surface area contributed by atoms with Gasteiger partial charge in [0, 0.05) is 5.54 Å². The van der Waals surface area contributed by atoms with Crippen molar-refractivity contribution in [2.45, 2.75) is 38.1 Å². The molecule has 1 aliphatic carbocycles. The molecule has 5 nitrogen and oxygen atoms in total. The SMILES string of the molecule is Cc1nc2c3c(c(C(=O)O)cc2[nH]1)CCC1(Cc2ccccc2C1)N3. The number of nitrogens with zero attached hydrogens (tertiary/aromatic N) is 1. The van der Waals surface area contributed by atoms with Crippen molar-refractivity contribution in [3.8, 4) is 0 Å². The van der Waals surface area contributed by atoms with Crippen LogP contribution in [-0.2, 0) is 19.3 Å². The monoisotopic (exact) mass is 333 g/mol. The molecule has 5 heteroatoms. The molecule has 1 aliphatic heterocycles. The minimum Gasteiger partial charge on any atom is -0.478 e. The van der Waals surface area contributed by atoms with Gasteiger partial charge in [-0.15, -0.1) is 0 Å². The number of hydrogen-bond acceptors (Lipinski definition) is 3. The summed E-state index contributed by atoms with van der Waals surface area (Å²) in [5, 5.41) is 13.4. The number of hydrogen-bond donors (Lipinski definition) is 3. The molecular formula is C20H19N3O2. The molecule has 1 aromatic heterocycles. The number of rotatable bonds is 1. The van der Waals surface area contributed by atoms with Crippen molar-refractivity contribution in [2.24, 2.45) is 0 Å². The van der Waals surface area contributed by atoms with Crippen LogP contribution in [0.2, 0.25) is 0 Å². The fourth-order valence-electron chi connectivity index (χ4n) is 4.55. The van der Waals surface area contributed by atoms with Gasteiger partial charge in [-0.05, 0) is 55.4 Å². The van der Waals surface area contributed by atoms with Crippen molar-refractivity contribution in [3.05, 3.63) is 58.4 Å². The van der Waals surface area contributed by atoms with Gasteiger partial charge in [0.1, 0.15) is 11.3 Å². The highest BCUT2D eigenvalue weighted by Gasteiger charge is 2.41. The number of benzene rings is 2. The van der Waals surface area contributed by atoms with E-state index in [9.17, 15) is 9.90 Å².